The number of halogens is 4. The average molecular weight is 280 g/mol. The van der Waals surface area contributed by atoms with Crippen molar-refractivity contribution in [3.8, 4) is 0 Å². The predicted molar refractivity (Wildman–Crippen MR) is 62.5 cm³/mol. The first-order valence-electron chi connectivity index (χ1n) is 5.61. The minimum Gasteiger partial charge on any atom is -0.314 e. The predicted octanol–water partition coefficient (Wildman–Crippen LogP) is 2.24. The van der Waals surface area contributed by atoms with Crippen molar-refractivity contribution < 1.29 is 13.2 Å². The van der Waals surface area contributed by atoms with Gasteiger partial charge in [0.1, 0.15) is 6.04 Å². The Morgan fingerprint density at radius 1 is 1.33 bits per heavy atom. The van der Waals surface area contributed by atoms with Gasteiger partial charge in [0.2, 0.25) is 0 Å². The van der Waals surface area contributed by atoms with Gasteiger partial charge in [0.15, 0.2) is 0 Å². The highest BCUT2D eigenvalue weighted by atomic mass is 35.5. The van der Waals surface area contributed by atoms with E-state index in [9.17, 15) is 13.2 Å². The lowest BCUT2D eigenvalue weighted by Crippen LogP contribution is -2.49. The summed E-state index contributed by atoms with van der Waals surface area (Å²) in [5.74, 6) is 0. The first kappa shape index (κ1) is 13.6. The van der Waals surface area contributed by atoms with Crippen LogP contribution in [0.25, 0.3) is 0 Å². The van der Waals surface area contributed by atoms with Crippen molar-refractivity contribution in [2.75, 3.05) is 26.2 Å². The zero-order valence-corrected chi connectivity index (χ0v) is 10.3. The molecule has 0 amide bonds. The molecule has 100 valence electrons. The molecule has 1 aliphatic rings. The summed E-state index contributed by atoms with van der Waals surface area (Å²) in [6.45, 7) is 1.80. The molecule has 2 rings (SSSR count). The topological polar surface area (TPSA) is 28.2 Å². The Morgan fingerprint density at radius 2 is 2.00 bits per heavy atom. The van der Waals surface area contributed by atoms with Crippen LogP contribution in [0.5, 0.6) is 0 Å². The minimum atomic E-state index is -4.34. The molecule has 7 heteroatoms. The average Bonchev–Trinajstić information content (AvgIpc) is 2.32. The molecular formula is C11H13ClF3N3. The van der Waals surface area contributed by atoms with E-state index in [-0.39, 0.29) is 10.6 Å². The second-order valence-electron chi connectivity index (χ2n) is 4.13. The molecule has 0 saturated carbocycles. The fraction of sp³-hybridized carbons (Fsp3) is 0.545. The third kappa shape index (κ3) is 2.93. The molecule has 0 radical (unpaired) electrons. The number of nitrogens with one attached hydrogen (secondary N) is 1. The first-order valence-corrected chi connectivity index (χ1v) is 5.99. The fourth-order valence-corrected chi connectivity index (χ4v) is 2.35. The SMILES string of the molecule is FC(F)(F)[C@H](c1ccncc1Cl)N1CCNCC1. The molecule has 1 aromatic heterocycles. The fourth-order valence-electron chi connectivity index (χ4n) is 2.13. The molecule has 1 atom stereocenters. The van der Waals surface area contributed by atoms with E-state index in [0.29, 0.717) is 26.2 Å². The van der Waals surface area contributed by atoms with E-state index in [1.807, 2.05) is 0 Å². The van der Waals surface area contributed by atoms with Crippen LogP contribution in [0.1, 0.15) is 11.6 Å². The van der Waals surface area contributed by atoms with Crippen molar-refractivity contribution in [3.05, 3.63) is 29.0 Å². The summed E-state index contributed by atoms with van der Waals surface area (Å²) in [4.78, 5) is 5.12. The number of alkyl halides is 3. The summed E-state index contributed by atoms with van der Waals surface area (Å²) in [6.07, 6.45) is -1.76. The Labute approximate surface area is 108 Å². The van der Waals surface area contributed by atoms with Crippen LogP contribution < -0.4 is 5.32 Å². The van der Waals surface area contributed by atoms with Crippen LogP contribution in [-0.2, 0) is 0 Å². The lowest BCUT2D eigenvalue weighted by molar-refractivity contribution is -0.187. The normalized spacial score (nSPS) is 19.8. The quantitative estimate of drug-likeness (QED) is 0.900. The summed E-state index contributed by atoms with van der Waals surface area (Å²) >= 11 is 5.84. The molecule has 1 N–H and O–H groups in total. The van der Waals surface area contributed by atoms with Crippen LogP contribution in [0.15, 0.2) is 18.5 Å². The molecule has 1 fully saturated rings. The molecule has 0 aromatic carbocycles. The number of nitrogens with zero attached hydrogens (tertiary/aromatic N) is 2. The highest BCUT2D eigenvalue weighted by Gasteiger charge is 2.45. The Bertz CT molecular complexity index is 405. The second-order valence-corrected chi connectivity index (χ2v) is 4.53. The van der Waals surface area contributed by atoms with Crippen LogP contribution >= 0.6 is 11.6 Å². The number of aromatic nitrogens is 1. The molecule has 0 unspecified atom stereocenters. The van der Waals surface area contributed by atoms with E-state index in [4.69, 9.17) is 11.6 Å². The van der Waals surface area contributed by atoms with E-state index in [1.54, 1.807) is 0 Å². The third-order valence-electron chi connectivity index (χ3n) is 2.93. The molecule has 1 saturated heterocycles. The van der Waals surface area contributed by atoms with E-state index in [0.717, 1.165) is 0 Å². The molecule has 3 nitrogen and oxygen atoms in total. The highest BCUT2D eigenvalue weighted by Crippen LogP contribution is 2.40. The molecule has 0 spiro atoms. The van der Waals surface area contributed by atoms with Crippen molar-refractivity contribution in [1.82, 2.24) is 15.2 Å². The van der Waals surface area contributed by atoms with Crippen molar-refractivity contribution in [3.63, 3.8) is 0 Å². The van der Waals surface area contributed by atoms with E-state index >= 15 is 0 Å². The largest absolute Gasteiger partial charge is 0.408 e. The maximum atomic E-state index is 13.2. The van der Waals surface area contributed by atoms with Crippen LogP contribution in [-0.4, -0.2) is 42.2 Å². The Balaban J connectivity index is 2.34. The van der Waals surface area contributed by atoms with Gasteiger partial charge in [-0.15, -0.1) is 0 Å². The number of piperazine rings is 1. The van der Waals surface area contributed by atoms with Gasteiger partial charge in [-0.1, -0.05) is 11.6 Å². The Hall–Kier alpha value is -0.850. The van der Waals surface area contributed by atoms with Crippen LogP contribution in [0, 0.1) is 0 Å². The van der Waals surface area contributed by atoms with E-state index < -0.39 is 12.2 Å². The van der Waals surface area contributed by atoms with Crippen molar-refractivity contribution in [1.29, 1.82) is 0 Å². The van der Waals surface area contributed by atoms with Crippen molar-refractivity contribution >= 4 is 11.6 Å². The van der Waals surface area contributed by atoms with Crippen LogP contribution in [0.4, 0.5) is 13.2 Å². The van der Waals surface area contributed by atoms with Gasteiger partial charge in [0.25, 0.3) is 0 Å². The minimum absolute atomic E-state index is 0.0540. The molecule has 18 heavy (non-hydrogen) atoms. The van der Waals surface area contributed by atoms with Gasteiger partial charge in [-0.2, -0.15) is 13.2 Å². The summed E-state index contributed by atoms with van der Waals surface area (Å²) in [7, 11) is 0. The molecule has 1 aliphatic heterocycles. The first-order chi connectivity index (χ1) is 8.50. The Kier molecular flexibility index (Phi) is 4.09. The van der Waals surface area contributed by atoms with Gasteiger partial charge in [0, 0.05) is 44.1 Å². The molecular weight excluding hydrogens is 267 g/mol. The molecule has 2 heterocycles. The summed E-state index contributed by atoms with van der Waals surface area (Å²) in [5, 5.41) is 3.09. The zero-order chi connectivity index (χ0) is 13.2. The highest BCUT2D eigenvalue weighted by molar-refractivity contribution is 6.31. The third-order valence-corrected chi connectivity index (χ3v) is 3.24. The lowest BCUT2D eigenvalue weighted by atomic mass is 10.1. The van der Waals surface area contributed by atoms with Gasteiger partial charge >= 0.3 is 6.18 Å². The summed E-state index contributed by atoms with van der Waals surface area (Å²) < 4.78 is 39.7. The van der Waals surface area contributed by atoms with E-state index in [2.05, 4.69) is 10.3 Å². The van der Waals surface area contributed by atoms with E-state index in [1.165, 1.54) is 23.4 Å². The Morgan fingerprint density at radius 3 is 2.56 bits per heavy atom. The number of pyridine rings is 1. The van der Waals surface area contributed by atoms with Crippen LogP contribution in [0.3, 0.4) is 0 Å². The van der Waals surface area contributed by atoms with Gasteiger partial charge in [-0.25, -0.2) is 0 Å². The maximum Gasteiger partial charge on any atom is 0.408 e. The van der Waals surface area contributed by atoms with Gasteiger partial charge in [-0.05, 0) is 6.07 Å². The van der Waals surface area contributed by atoms with Crippen molar-refractivity contribution in [2.24, 2.45) is 0 Å². The van der Waals surface area contributed by atoms with Crippen molar-refractivity contribution in [2.45, 2.75) is 12.2 Å². The maximum absolute atomic E-state index is 13.2. The molecule has 0 bridgehead atoms. The summed E-state index contributed by atoms with van der Waals surface area (Å²) in [6, 6.07) is -0.321. The molecule has 0 aliphatic carbocycles. The van der Waals surface area contributed by atoms with Gasteiger partial charge in [0.05, 0.1) is 5.02 Å². The number of hydrogen-bond donors (Lipinski definition) is 1. The number of rotatable bonds is 2. The smallest absolute Gasteiger partial charge is 0.314 e. The zero-order valence-electron chi connectivity index (χ0n) is 9.54. The summed E-state index contributed by atoms with van der Waals surface area (Å²) in [5.41, 5.74) is 0.0704. The standard InChI is InChI=1S/C11H13ClF3N3/c12-9-7-17-2-1-8(9)10(11(13,14)15)18-5-3-16-4-6-18/h1-2,7,10,16H,3-6H2/t10-/m0/s1. The van der Waals surface area contributed by atoms with Gasteiger partial charge < -0.3 is 5.32 Å². The number of hydrogen-bond acceptors (Lipinski definition) is 3. The van der Waals surface area contributed by atoms with Gasteiger partial charge in [-0.3, -0.25) is 9.88 Å². The lowest BCUT2D eigenvalue weighted by Gasteiger charge is -2.36. The van der Waals surface area contributed by atoms with Crippen LogP contribution in [0.2, 0.25) is 5.02 Å². The molecule has 1 aromatic rings. The monoisotopic (exact) mass is 279 g/mol. The second kappa shape index (κ2) is 5.42.